The third kappa shape index (κ3) is 2.89. The number of carboxylic acid groups (broad SMARTS) is 1. The van der Waals surface area contributed by atoms with Gasteiger partial charge in [0.2, 0.25) is 0 Å². The second-order valence-corrected chi connectivity index (χ2v) is 8.45. The Morgan fingerprint density at radius 2 is 2.05 bits per heavy atom. The number of aromatic nitrogens is 1. The predicted octanol–water partition coefficient (Wildman–Crippen LogP) is 2.95. The lowest BCUT2D eigenvalue weighted by Gasteiger charge is -2.05. The number of hydrogen-bond acceptors (Lipinski definition) is 4. The summed E-state index contributed by atoms with van der Waals surface area (Å²) in [5.41, 5.74) is 1.21. The minimum Gasteiger partial charge on any atom is -0.477 e. The summed E-state index contributed by atoms with van der Waals surface area (Å²) >= 11 is 4.33. The van der Waals surface area contributed by atoms with Crippen LogP contribution in [0.25, 0.3) is 0 Å². The third-order valence-corrected chi connectivity index (χ3v) is 6.49. The topological polar surface area (TPSA) is 99.3 Å². The molecule has 0 bridgehead atoms. The Morgan fingerprint density at radius 3 is 2.55 bits per heavy atom. The zero-order chi connectivity index (χ0) is 15.1. The molecule has 0 aliphatic heterocycles. The van der Waals surface area contributed by atoms with Gasteiger partial charge in [0, 0.05) is 5.69 Å². The lowest BCUT2D eigenvalue weighted by Crippen LogP contribution is -2.13. The quantitative estimate of drug-likeness (QED) is 0.761. The molecule has 0 spiro atoms. The highest BCUT2D eigenvalue weighted by atomic mass is 79.9. The summed E-state index contributed by atoms with van der Waals surface area (Å²) in [5.74, 6) is -1.22. The monoisotopic (exact) mass is 378 g/mol. The Labute approximate surface area is 128 Å². The number of halogens is 1. The van der Waals surface area contributed by atoms with Gasteiger partial charge in [0.15, 0.2) is 0 Å². The van der Waals surface area contributed by atoms with E-state index in [0.29, 0.717) is 5.69 Å². The molecule has 0 atom stereocenters. The lowest BCUT2D eigenvalue weighted by molar-refractivity contribution is 0.0692. The maximum absolute atomic E-state index is 12.2. The summed E-state index contributed by atoms with van der Waals surface area (Å²) in [5, 5.41) is 9.02. The Kier molecular flexibility index (Phi) is 3.94. The van der Waals surface area contributed by atoms with E-state index in [9.17, 15) is 13.2 Å². The van der Waals surface area contributed by atoms with E-state index >= 15 is 0 Å². The predicted molar refractivity (Wildman–Crippen MR) is 80.1 cm³/mol. The molecule has 2 aromatic heterocycles. The van der Waals surface area contributed by atoms with Gasteiger partial charge < -0.3 is 10.1 Å². The number of rotatable bonds is 4. The van der Waals surface area contributed by atoms with Crippen molar-refractivity contribution in [3.63, 3.8) is 0 Å². The van der Waals surface area contributed by atoms with Crippen molar-refractivity contribution in [2.75, 3.05) is 4.72 Å². The van der Waals surface area contributed by atoms with Gasteiger partial charge in [0.1, 0.15) is 9.90 Å². The summed E-state index contributed by atoms with van der Waals surface area (Å²) < 4.78 is 27.6. The van der Waals surface area contributed by atoms with Crippen LogP contribution in [0.5, 0.6) is 0 Å². The van der Waals surface area contributed by atoms with Crippen LogP contribution in [0.1, 0.15) is 21.7 Å². The van der Waals surface area contributed by atoms with Crippen LogP contribution in [-0.4, -0.2) is 24.5 Å². The van der Waals surface area contributed by atoms with Crippen LogP contribution in [0.15, 0.2) is 20.1 Å². The van der Waals surface area contributed by atoms with Crippen LogP contribution in [0.4, 0.5) is 5.69 Å². The van der Waals surface area contributed by atoms with Gasteiger partial charge in [-0.05, 0) is 47.5 Å². The van der Waals surface area contributed by atoms with Gasteiger partial charge in [0.05, 0.1) is 9.47 Å². The van der Waals surface area contributed by atoms with E-state index in [1.807, 2.05) is 0 Å². The van der Waals surface area contributed by atoms with Crippen LogP contribution in [0.2, 0.25) is 0 Å². The standard InChI is InChI=1S/C11H11BrN2O4S2/c1-5-3-8(19-10(5)12)20(17,18)14-7-4-6(2)13-9(7)11(15)16/h3-4,13-14H,1-2H3,(H,15,16). The van der Waals surface area contributed by atoms with Gasteiger partial charge in [-0.15, -0.1) is 11.3 Å². The first-order valence-corrected chi connectivity index (χ1v) is 8.51. The van der Waals surface area contributed by atoms with Gasteiger partial charge in [-0.1, -0.05) is 0 Å². The Morgan fingerprint density at radius 1 is 1.40 bits per heavy atom. The highest BCUT2D eigenvalue weighted by Crippen LogP contribution is 2.32. The zero-order valence-corrected chi connectivity index (χ0v) is 13.7. The first-order chi connectivity index (χ1) is 9.20. The normalized spacial score (nSPS) is 11.6. The molecule has 0 aromatic carbocycles. The number of hydrogen-bond donors (Lipinski definition) is 3. The molecular formula is C11H11BrN2O4S2. The van der Waals surface area contributed by atoms with Crippen LogP contribution in [0.3, 0.4) is 0 Å². The third-order valence-electron chi connectivity index (χ3n) is 2.51. The maximum atomic E-state index is 12.2. The number of thiophene rings is 1. The second-order valence-electron chi connectivity index (χ2n) is 4.17. The Hall–Kier alpha value is -1.32. The number of anilines is 1. The largest absolute Gasteiger partial charge is 0.477 e. The number of aromatic amines is 1. The zero-order valence-electron chi connectivity index (χ0n) is 10.5. The molecule has 2 heterocycles. The minimum atomic E-state index is -3.80. The summed E-state index contributed by atoms with van der Waals surface area (Å²) in [6, 6.07) is 2.97. The van der Waals surface area contributed by atoms with Crippen molar-refractivity contribution in [2.45, 2.75) is 18.1 Å². The van der Waals surface area contributed by atoms with Gasteiger partial charge >= 0.3 is 5.97 Å². The number of aromatic carboxylic acids is 1. The molecule has 9 heteroatoms. The number of carboxylic acids is 1. The maximum Gasteiger partial charge on any atom is 0.354 e. The number of nitrogens with one attached hydrogen (secondary N) is 2. The van der Waals surface area contributed by atoms with E-state index in [-0.39, 0.29) is 15.6 Å². The molecule has 0 radical (unpaired) electrons. The highest BCUT2D eigenvalue weighted by Gasteiger charge is 2.22. The fraction of sp³-hybridized carbons (Fsp3) is 0.182. The smallest absolute Gasteiger partial charge is 0.354 e. The average Bonchev–Trinajstić information content (AvgIpc) is 2.83. The highest BCUT2D eigenvalue weighted by molar-refractivity contribution is 9.11. The first kappa shape index (κ1) is 15.1. The molecule has 0 aliphatic rings. The molecule has 6 nitrogen and oxygen atoms in total. The molecular weight excluding hydrogens is 368 g/mol. The molecule has 0 saturated heterocycles. The molecule has 2 rings (SSSR count). The van der Waals surface area contributed by atoms with Crippen molar-refractivity contribution >= 4 is 48.9 Å². The van der Waals surface area contributed by atoms with Crippen LogP contribution < -0.4 is 4.72 Å². The van der Waals surface area contributed by atoms with E-state index in [1.54, 1.807) is 13.8 Å². The van der Waals surface area contributed by atoms with E-state index in [4.69, 9.17) is 5.11 Å². The fourth-order valence-corrected chi connectivity index (χ4v) is 4.89. The van der Waals surface area contributed by atoms with Gasteiger partial charge in [-0.2, -0.15) is 0 Å². The molecule has 2 aromatic rings. The summed E-state index contributed by atoms with van der Waals surface area (Å²) in [4.78, 5) is 13.6. The van der Waals surface area contributed by atoms with E-state index < -0.39 is 16.0 Å². The fourth-order valence-electron chi connectivity index (χ4n) is 1.60. The van der Waals surface area contributed by atoms with E-state index in [0.717, 1.165) is 20.7 Å². The second kappa shape index (κ2) is 5.23. The van der Waals surface area contributed by atoms with Crippen molar-refractivity contribution in [1.29, 1.82) is 0 Å². The number of aryl methyl sites for hydroxylation is 2. The average molecular weight is 379 g/mol. The van der Waals surface area contributed by atoms with Gasteiger partial charge in [0.25, 0.3) is 10.0 Å². The van der Waals surface area contributed by atoms with Crippen molar-refractivity contribution in [3.05, 3.63) is 32.9 Å². The number of carbonyl (C=O) groups is 1. The molecule has 20 heavy (non-hydrogen) atoms. The summed E-state index contributed by atoms with van der Waals surface area (Å²) in [6.45, 7) is 3.43. The van der Waals surface area contributed by atoms with Crippen LogP contribution >= 0.6 is 27.3 Å². The lowest BCUT2D eigenvalue weighted by atomic mass is 10.4. The molecule has 108 valence electrons. The van der Waals surface area contributed by atoms with E-state index in [2.05, 4.69) is 25.6 Å². The summed E-state index contributed by atoms with van der Waals surface area (Å²) in [6.07, 6.45) is 0. The molecule has 3 N–H and O–H groups in total. The molecule has 0 unspecified atom stereocenters. The van der Waals surface area contributed by atoms with Crippen LogP contribution in [-0.2, 0) is 10.0 Å². The van der Waals surface area contributed by atoms with Crippen molar-refractivity contribution in [3.8, 4) is 0 Å². The number of H-pyrrole nitrogens is 1. The van der Waals surface area contributed by atoms with Crippen molar-refractivity contribution in [1.82, 2.24) is 4.98 Å². The SMILES string of the molecule is Cc1cc(NS(=O)(=O)c2cc(C)c(Br)s2)c(C(=O)O)[nH]1. The van der Waals surface area contributed by atoms with E-state index in [1.165, 1.54) is 12.1 Å². The molecule has 0 saturated carbocycles. The van der Waals surface area contributed by atoms with Gasteiger partial charge in [-0.3, -0.25) is 4.72 Å². The Bertz CT molecular complexity index is 757. The van der Waals surface area contributed by atoms with Crippen molar-refractivity contribution in [2.24, 2.45) is 0 Å². The summed E-state index contributed by atoms with van der Waals surface area (Å²) in [7, 11) is -3.80. The molecule has 0 aliphatic carbocycles. The van der Waals surface area contributed by atoms with Gasteiger partial charge in [-0.25, -0.2) is 13.2 Å². The number of sulfonamides is 1. The van der Waals surface area contributed by atoms with Crippen LogP contribution in [0, 0.1) is 13.8 Å². The molecule has 0 fully saturated rings. The Balaban J connectivity index is 2.40. The van der Waals surface area contributed by atoms with Crippen molar-refractivity contribution < 1.29 is 18.3 Å². The molecule has 0 amide bonds. The first-order valence-electron chi connectivity index (χ1n) is 5.42. The minimum absolute atomic E-state index is 0.0252.